The summed E-state index contributed by atoms with van der Waals surface area (Å²) in [5, 5.41) is 50.3. The minimum absolute atomic E-state index is 0.116. The molecule has 0 aliphatic heterocycles. The van der Waals surface area contributed by atoms with Crippen LogP contribution in [0, 0.1) is 0 Å². The van der Waals surface area contributed by atoms with E-state index in [1.54, 1.807) is 0 Å². The standard InChI is InChI=1S/C54H91O12P/c1-3-5-7-9-11-13-15-17-19-21-22-23-24-25-26-27-28-30-32-34-36-38-40-42-44-63-45-47(46-64-67(61,62)66-54-52(59)50(57)49(56)51(58)53(54)60)65-48(55)43-41-39-37-35-33-31-29-20-18-16-14-12-10-8-6-4-2/h5,7,11,13,17,19-20,22-23,25-26,28-30,34,36,47,49-54,56-60H,3-4,6,8-10,12,14-16,18,21,24,27,31-33,35,37-46H2,1-2H3,(H,61,62)/b7-5-,13-11-,19-17-,23-22-,26-25-,29-20-,30-28-,36-34-. The van der Waals surface area contributed by atoms with Gasteiger partial charge in [0, 0.05) is 13.0 Å². The van der Waals surface area contributed by atoms with Crippen molar-refractivity contribution in [3.05, 3.63) is 97.2 Å². The Balaban J connectivity index is 2.40. The Morgan fingerprint density at radius 3 is 1.36 bits per heavy atom. The van der Waals surface area contributed by atoms with Crippen LogP contribution in [0.1, 0.15) is 174 Å². The molecule has 0 aromatic carbocycles. The second-order valence-electron chi connectivity index (χ2n) is 17.3. The number of unbranched alkanes of at least 4 members (excludes halogenated alkanes) is 14. The molecule has 1 fully saturated rings. The highest BCUT2D eigenvalue weighted by atomic mass is 31.2. The molecule has 0 aromatic rings. The Morgan fingerprint density at radius 1 is 0.493 bits per heavy atom. The zero-order valence-corrected chi connectivity index (χ0v) is 42.1. The Hall–Kier alpha value is -2.74. The van der Waals surface area contributed by atoms with Gasteiger partial charge in [0.25, 0.3) is 0 Å². The van der Waals surface area contributed by atoms with Gasteiger partial charge in [0.1, 0.15) is 42.7 Å². The summed E-state index contributed by atoms with van der Waals surface area (Å²) in [7, 11) is -5.04. The van der Waals surface area contributed by atoms with Crippen molar-refractivity contribution in [3.8, 4) is 0 Å². The number of allylic oxidation sites excluding steroid dienone is 16. The van der Waals surface area contributed by atoms with E-state index in [-0.39, 0.29) is 13.0 Å². The van der Waals surface area contributed by atoms with Crippen molar-refractivity contribution in [1.29, 1.82) is 0 Å². The first-order valence-electron chi connectivity index (χ1n) is 25.6. The van der Waals surface area contributed by atoms with Gasteiger partial charge in [-0.25, -0.2) is 4.57 Å². The second kappa shape index (κ2) is 43.3. The minimum atomic E-state index is -5.04. The molecule has 0 aromatic heterocycles. The minimum Gasteiger partial charge on any atom is -0.457 e. The number of carbonyl (C=O) groups is 1. The number of hydrogen-bond donors (Lipinski definition) is 6. The smallest absolute Gasteiger partial charge is 0.457 e. The van der Waals surface area contributed by atoms with Gasteiger partial charge in [-0.05, 0) is 96.3 Å². The van der Waals surface area contributed by atoms with Crippen LogP contribution in [-0.4, -0.2) is 98.9 Å². The van der Waals surface area contributed by atoms with Crippen LogP contribution in [0.2, 0.25) is 0 Å². The predicted octanol–water partition coefficient (Wildman–Crippen LogP) is 11.5. The number of carbonyl (C=O) groups excluding carboxylic acids is 1. The van der Waals surface area contributed by atoms with Gasteiger partial charge >= 0.3 is 13.8 Å². The van der Waals surface area contributed by atoms with E-state index in [4.69, 9.17) is 18.5 Å². The molecule has 1 saturated carbocycles. The van der Waals surface area contributed by atoms with E-state index < -0.39 is 63.1 Å². The highest BCUT2D eigenvalue weighted by Crippen LogP contribution is 2.47. The zero-order chi connectivity index (χ0) is 49.1. The lowest BCUT2D eigenvalue weighted by Crippen LogP contribution is -2.64. The highest BCUT2D eigenvalue weighted by molar-refractivity contribution is 7.47. The van der Waals surface area contributed by atoms with E-state index in [0.29, 0.717) is 13.0 Å². The summed E-state index contributed by atoms with van der Waals surface area (Å²) in [6.45, 7) is 4.02. The summed E-state index contributed by atoms with van der Waals surface area (Å²) in [4.78, 5) is 23.2. The van der Waals surface area contributed by atoms with Crippen molar-refractivity contribution in [1.82, 2.24) is 0 Å². The maximum atomic E-state index is 12.8. The largest absolute Gasteiger partial charge is 0.472 e. The van der Waals surface area contributed by atoms with Gasteiger partial charge in [-0.3, -0.25) is 13.8 Å². The van der Waals surface area contributed by atoms with Crippen LogP contribution in [0.15, 0.2) is 97.2 Å². The molecule has 384 valence electrons. The fraction of sp³-hybridized carbons (Fsp3) is 0.685. The van der Waals surface area contributed by atoms with E-state index >= 15 is 0 Å². The van der Waals surface area contributed by atoms with Gasteiger partial charge in [0.2, 0.25) is 0 Å². The Bertz CT molecular complexity index is 1470. The number of hydrogen-bond acceptors (Lipinski definition) is 11. The van der Waals surface area contributed by atoms with Crippen molar-refractivity contribution in [2.45, 2.75) is 217 Å². The fourth-order valence-electron chi connectivity index (χ4n) is 7.15. The highest BCUT2D eigenvalue weighted by Gasteiger charge is 2.51. The molecule has 0 bridgehead atoms. The number of ether oxygens (including phenoxy) is 2. The number of rotatable bonds is 42. The van der Waals surface area contributed by atoms with Gasteiger partial charge in [-0.1, -0.05) is 169 Å². The molecule has 0 amide bonds. The molecule has 1 rings (SSSR count). The molecular formula is C54H91O12P. The molecule has 12 nitrogen and oxygen atoms in total. The van der Waals surface area contributed by atoms with Crippen molar-refractivity contribution in [3.63, 3.8) is 0 Å². The molecule has 0 spiro atoms. The van der Waals surface area contributed by atoms with Gasteiger partial charge in [0.05, 0.1) is 13.2 Å². The predicted molar refractivity (Wildman–Crippen MR) is 271 cm³/mol. The summed E-state index contributed by atoms with van der Waals surface area (Å²) in [6, 6.07) is 0. The SMILES string of the molecule is CC/C=C\C/C=C\C/C=C\C/C=C\C/C=C\C/C=C\C/C=C\CCCCOCC(COP(=O)(O)OC1C(O)C(O)C(O)C(O)C1O)OC(=O)CCCCCCC/C=C\CCCCCCCCC. The lowest BCUT2D eigenvalue weighted by atomic mass is 9.85. The van der Waals surface area contributed by atoms with Crippen LogP contribution in [-0.2, 0) is 27.9 Å². The lowest BCUT2D eigenvalue weighted by Gasteiger charge is -2.41. The third-order valence-electron chi connectivity index (χ3n) is 11.2. The summed E-state index contributed by atoms with van der Waals surface area (Å²) < 4.78 is 34.2. The quantitative estimate of drug-likeness (QED) is 0.0147. The third-order valence-corrected chi connectivity index (χ3v) is 12.2. The first-order valence-corrected chi connectivity index (χ1v) is 27.1. The van der Waals surface area contributed by atoms with Crippen molar-refractivity contribution in [2.75, 3.05) is 19.8 Å². The fourth-order valence-corrected chi connectivity index (χ4v) is 8.13. The molecule has 0 saturated heterocycles. The maximum Gasteiger partial charge on any atom is 0.472 e. The number of aliphatic hydroxyl groups is 5. The van der Waals surface area contributed by atoms with E-state index in [2.05, 4.69) is 111 Å². The molecule has 0 heterocycles. The van der Waals surface area contributed by atoms with Crippen LogP contribution in [0.5, 0.6) is 0 Å². The molecule has 6 atom stereocenters. The average Bonchev–Trinajstić information content (AvgIpc) is 3.31. The molecule has 6 N–H and O–H groups in total. The maximum absolute atomic E-state index is 12.8. The molecule has 67 heavy (non-hydrogen) atoms. The van der Waals surface area contributed by atoms with E-state index in [0.717, 1.165) is 103 Å². The first-order chi connectivity index (χ1) is 32.5. The van der Waals surface area contributed by atoms with Crippen molar-refractivity contribution in [2.24, 2.45) is 0 Å². The molecule has 0 radical (unpaired) electrons. The van der Waals surface area contributed by atoms with Crippen LogP contribution in [0.3, 0.4) is 0 Å². The van der Waals surface area contributed by atoms with E-state index in [1.165, 1.54) is 44.9 Å². The van der Waals surface area contributed by atoms with Crippen LogP contribution in [0.25, 0.3) is 0 Å². The monoisotopic (exact) mass is 963 g/mol. The number of esters is 1. The summed E-state index contributed by atoms with van der Waals surface area (Å²) in [5.41, 5.74) is 0. The Kier molecular flexibility index (Phi) is 40.2. The molecular weight excluding hydrogens is 872 g/mol. The van der Waals surface area contributed by atoms with Crippen molar-refractivity contribution >= 4 is 13.8 Å². The Labute approximate surface area is 404 Å². The summed E-state index contributed by atoms with van der Waals surface area (Å²) in [6.07, 6.45) is 47.6. The summed E-state index contributed by atoms with van der Waals surface area (Å²) >= 11 is 0. The van der Waals surface area contributed by atoms with Crippen LogP contribution < -0.4 is 0 Å². The normalized spacial score (nSPS) is 22.1. The number of aliphatic hydroxyl groups excluding tert-OH is 5. The Morgan fingerprint density at radius 2 is 0.881 bits per heavy atom. The van der Waals surface area contributed by atoms with Gasteiger partial charge in [0.15, 0.2) is 0 Å². The lowest BCUT2D eigenvalue weighted by molar-refractivity contribution is -0.220. The van der Waals surface area contributed by atoms with Gasteiger partial charge in [-0.15, -0.1) is 0 Å². The van der Waals surface area contributed by atoms with Gasteiger partial charge < -0.3 is 39.9 Å². The van der Waals surface area contributed by atoms with E-state index in [9.17, 15) is 39.8 Å². The van der Waals surface area contributed by atoms with Crippen LogP contribution in [0.4, 0.5) is 0 Å². The summed E-state index contributed by atoms with van der Waals surface area (Å²) in [5.74, 6) is -0.505. The first kappa shape index (κ1) is 62.3. The molecule has 6 unspecified atom stereocenters. The average molecular weight is 963 g/mol. The van der Waals surface area contributed by atoms with Crippen molar-refractivity contribution < 1.29 is 58.3 Å². The second-order valence-corrected chi connectivity index (χ2v) is 18.7. The molecule has 1 aliphatic carbocycles. The molecule has 1 aliphatic rings. The zero-order valence-electron chi connectivity index (χ0n) is 41.2. The number of phosphoric acid groups is 1. The van der Waals surface area contributed by atoms with Crippen LogP contribution >= 0.6 is 7.82 Å². The third kappa shape index (κ3) is 35.1. The molecule has 13 heteroatoms. The topological polar surface area (TPSA) is 192 Å². The van der Waals surface area contributed by atoms with E-state index in [1.807, 2.05) is 0 Å². The number of phosphoric ester groups is 1. The van der Waals surface area contributed by atoms with Gasteiger partial charge in [-0.2, -0.15) is 0 Å².